The molecule has 28 heavy (non-hydrogen) atoms. The third-order valence-corrected chi connectivity index (χ3v) is 4.60. The van der Waals surface area contributed by atoms with E-state index >= 15 is 0 Å². The lowest BCUT2D eigenvalue weighted by Crippen LogP contribution is -2.25. The van der Waals surface area contributed by atoms with E-state index in [9.17, 15) is 4.79 Å². The second-order valence-electron chi connectivity index (χ2n) is 6.77. The van der Waals surface area contributed by atoms with E-state index in [2.05, 4.69) is 27.1 Å². The van der Waals surface area contributed by atoms with Crippen molar-refractivity contribution < 1.29 is 9.53 Å². The summed E-state index contributed by atoms with van der Waals surface area (Å²) in [6.45, 7) is 1.20. The number of nitrogen functional groups attached to an aromatic ring is 1. The molecule has 0 bridgehead atoms. The van der Waals surface area contributed by atoms with Crippen molar-refractivity contribution in [2.75, 3.05) is 19.5 Å². The van der Waals surface area contributed by atoms with Crippen LogP contribution in [0, 0.1) is 11.8 Å². The van der Waals surface area contributed by atoms with Crippen LogP contribution in [0.25, 0.3) is 11.0 Å². The number of benzene rings is 1. The molecule has 0 aliphatic heterocycles. The van der Waals surface area contributed by atoms with E-state index in [1.165, 1.54) is 6.33 Å². The number of methoxy groups -OCH3 is 1. The number of nitrogens with one attached hydrogen (secondary N) is 1. The zero-order chi connectivity index (χ0) is 19.5. The van der Waals surface area contributed by atoms with Gasteiger partial charge in [-0.2, -0.15) is 0 Å². The second kappa shape index (κ2) is 7.71. The molecule has 2 aromatic heterocycles. The van der Waals surface area contributed by atoms with Crippen molar-refractivity contribution in [3.8, 4) is 11.8 Å². The van der Waals surface area contributed by atoms with Crippen molar-refractivity contribution in [1.29, 1.82) is 0 Å². The lowest BCUT2D eigenvalue weighted by Gasteiger charge is -2.03. The van der Waals surface area contributed by atoms with Gasteiger partial charge in [0.25, 0.3) is 5.91 Å². The molecule has 1 aromatic carbocycles. The molecule has 0 saturated heterocycles. The van der Waals surface area contributed by atoms with Crippen LogP contribution < -0.4 is 11.1 Å². The summed E-state index contributed by atoms with van der Waals surface area (Å²) >= 11 is 0. The topological polar surface area (TPSA) is 95.1 Å². The van der Waals surface area contributed by atoms with E-state index < -0.39 is 0 Å². The second-order valence-corrected chi connectivity index (χ2v) is 6.77. The highest BCUT2D eigenvalue weighted by Crippen LogP contribution is 2.23. The van der Waals surface area contributed by atoms with Crippen molar-refractivity contribution in [2.24, 2.45) is 0 Å². The Morgan fingerprint density at radius 3 is 3.00 bits per heavy atom. The number of ether oxygens (including phenoxy) is 1. The highest BCUT2D eigenvalue weighted by Gasteiger charge is 2.23. The van der Waals surface area contributed by atoms with Gasteiger partial charge >= 0.3 is 0 Å². The van der Waals surface area contributed by atoms with Crippen molar-refractivity contribution in [1.82, 2.24) is 19.9 Å². The van der Waals surface area contributed by atoms with E-state index in [1.54, 1.807) is 19.2 Å². The first-order valence-corrected chi connectivity index (χ1v) is 9.17. The number of carbonyl (C=O) groups is 1. The van der Waals surface area contributed by atoms with Gasteiger partial charge in [-0.15, -0.1) is 0 Å². The molecule has 7 heteroatoms. The van der Waals surface area contributed by atoms with Gasteiger partial charge in [-0.25, -0.2) is 9.97 Å². The number of amides is 1. The van der Waals surface area contributed by atoms with Gasteiger partial charge in [0.2, 0.25) is 0 Å². The van der Waals surface area contributed by atoms with Gasteiger partial charge in [-0.3, -0.25) is 4.79 Å². The smallest absolute Gasteiger partial charge is 0.251 e. The van der Waals surface area contributed by atoms with Crippen molar-refractivity contribution in [3.63, 3.8) is 0 Å². The summed E-state index contributed by atoms with van der Waals surface area (Å²) < 4.78 is 7.12. The highest BCUT2D eigenvalue weighted by atomic mass is 16.5. The van der Waals surface area contributed by atoms with Crippen molar-refractivity contribution >= 4 is 22.8 Å². The van der Waals surface area contributed by atoms with Gasteiger partial charge in [0.1, 0.15) is 17.8 Å². The summed E-state index contributed by atoms with van der Waals surface area (Å²) in [6.07, 6.45) is 5.47. The molecule has 4 rings (SSSR count). The Labute approximate surface area is 162 Å². The molecule has 7 nitrogen and oxygen atoms in total. The normalized spacial score (nSPS) is 13.2. The zero-order valence-corrected chi connectivity index (χ0v) is 15.6. The number of nitrogens with zero attached hydrogens (tertiary/aromatic N) is 3. The lowest BCUT2D eigenvalue weighted by atomic mass is 10.1. The molecule has 0 unspecified atom stereocenters. The molecule has 1 fully saturated rings. The standard InChI is InChI=1S/C21H21N5O2/c1-28-10-9-26-12-16(18-19(22)23-13-24-20(18)26)6-5-14-3-2-4-15(11-14)21(27)25-17-7-8-17/h2-4,11-13,17H,7-10H2,1H3,(H,25,27)(H2,22,23,24). The first kappa shape index (κ1) is 18.0. The fraction of sp³-hybridized carbons (Fsp3) is 0.286. The monoisotopic (exact) mass is 375 g/mol. The molecule has 3 aromatic rings. The van der Waals surface area contributed by atoms with Crippen molar-refractivity contribution in [2.45, 2.75) is 25.4 Å². The summed E-state index contributed by atoms with van der Waals surface area (Å²) in [4.78, 5) is 20.7. The Balaban J connectivity index is 1.66. The fourth-order valence-electron chi connectivity index (χ4n) is 2.98. The first-order valence-electron chi connectivity index (χ1n) is 9.17. The third-order valence-electron chi connectivity index (χ3n) is 4.60. The maximum Gasteiger partial charge on any atom is 0.251 e. The molecule has 1 aliphatic carbocycles. The number of rotatable bonds is 5. The summed E-state index contributed by atoms with van der Waals surface area (Å²) in [7, 11) is 1.65. The van der Waals surface area contributed by atoms with Crippen LogP contribution in [0.3, 0.4) is 0 Å². The molecular weight excluding hydrogens is 354 g/mol. The minimum Gasteiger partial charge on any atom is -0.383 e. The van der Waals surface area contributed by atoms with E-state index in [4.69, 9.17) is 10.5 Å². The highest BCUT2D eigenvalue weighted by molar-refractivity contribution is 5.95. The number of hydrogen-bond acceptors (Lipinski definition) is 5. The Morgan fingerprint density at radius 2 is 2.21 bits per heavy atom. The van der Waals surface area contributed by atoms with E-state index in [1.807, 2.05) is 22.9 Å². The molecule has 2 heterocycles. The minimum absolute atomic E-state index is 0.0556. The Morgan fingerprint density at radius 1 is 1.36 bits per heavy atom. The van der Waals surface area contributed by atoms with Crippen LogP contribution in [-0.4, -0.2) is 40.2 Å². The van der Waals surface area contributed by atoms with Crippen LogP contribution in [0.5, 0.6) is 0 Å². The van der Waals surface area contributed by atoms with E-state index in [0.717, 1.165) is 35.0 Å². The summed E-state index contributed by atoms with van der Waals surface area (Å²) in [5.74, 6) is 6.62. The fourth-order valence-corrected chi connectivity index (χ4v) is 2.98. The summed E-state index contributed by atoms with van der Waals surface area (Å²) in [5.41, 5.74) is 8.92. The van der Waals surface area contributed by atoms with Crippen LogP contribution in [0.1, 0.15) is 34.3 Å². The van der Waals surface area contributed by atoms with Gasteiger partial charge in [0, 0.05) is 37.0 Å². The average Bonchev–Trinajstić information content (AvgIpc) is 3.44. The Kier molecular flexibility index (Phi) is 4.96. The molecule has 0 atom stereocenters. The Hall–Kier alpha value is -3.37. The molecule has 1 aliphatic rings. The molecule has 1 saturated carbocycles. The van der Waals surface area contributed by atoms with Crippen LogP contribution in [0.15, 0.2) is 36.8 Å². The molecule has 0 spiro atoms. The van der Waals surface area contributed by atoms with Gasteiger partial charge in [0.05, 0.1) is 17.6 Å². The first-order chi connectivity index (χ1) is 13.7. The predicted molar refractivity (Wildman–Crippen MR) is 107 cm³/mol. The van der Waals surface area contributed by atoms with E-state index in [-0.39, 0.29) is 5.91 Å². The predicted octanol–water partition coefficient (Wildman–Crippen LogP) is 1.95. The maximum absolute atomic E-state index is 12.2. The van der Waals surface area contributed by atoms with Crippen LogP contribution in [0.2, 0.25) is 0 Å². The van der Waals surface area contributed by atoms with Gasteiger partial charge in [-0.1, -0.05) is 17.9 Å². The van der Waals surface area contributed by atoms with Crippen LogP contribution >= 0.6 is 0 Å². The van der Waals surface area contributed by atoms with Crippen molar-refractivity contribution in [3.05, 3.63) is 53.5 Å². The third kappa shape index (κ3) is 3.82. The summed E-state index contributed by atoms with van der Waals surface area (Å²) in [6, 6.07) is 7.64. The lowest BCUT2D eigenvalue weighted by molar-refractivity contribution is 0.0951. The van der Waals surface area contributed by atoms with E-state index in [0.29, 0.717) is 30.6 Å². The Bertz CT molecular complexity index is 1090. The molecule has 3 N–H and O–H groups in total. The van der Waals surface area contributed by atoms with Gasteiger partial charge in [-0.05, 0) is 31.0 Å². The number of aromatic nitrogens is 3. The average molecular weight is 375 g/mol. The number of fused-ring (bicyclic) bond motifs is 1. The molecular formula is C21H21N5O2. The number of nitrogens with two attached hydrogens (primary N) is 1. The van der Waals surface area contributed by atoms with Crippen LogP contribution in [-0.2, 0) is 11.3 Å². The SMILES string of the molecule is COCCn1cc(C#Cc2cccc(C(=O)NC3CC3)c2)c2c(N)ncnc21. The molecule has 0 radical (unpaired) electrons. The number of hydrogen-bond donors (Lipinski definition) is 2. The number of carbonyl (C=O) groups excluding carboxylic acids is 1. The van der Waals surface area contributed by atoms with Crippen LogP contribution in [0.4, 0.5) is 5.82 Å². The van der Waals surface area contributed by atoms with Gasteiger partial charge in [0.15, 0.2) is 0 Å². The zero-order valence-electron chi connectivity index (χ0n) is 15.6. The molecule has 1 amide bonds. The molecule has 142 valence electrons. The largest absolute Gasteiger partial charge is 0.383 e. The maximum atomic E-state index is 12.2. The quantitative estimate of drug-likeness (QED) is 0.665. The van der Waals surface area contributed by atoms with Gasteiger partial charge < -0.3 is 20.4 Å². The summed E-state index contributed by atoms with van der Waals surface area (Å²) in [5, 5.41) is 3.72. The minimum atomic E-state index is -0.0556. The number of anilines is 1.